The number of benzene rings is 1. The molecule has 0 aliphatic carbocycles. The fourth-order valence-electron chi connectivity index (χ4n) is 3.70. The second-order valence-corrected chi connectivity index (χ2v) is 6.81. The monoisotopic (exact) mass is 361 g/mol. The summed E-state index contributed by atoms with van der Waals surface area (Å²) < 4.78 is 13.0. The Balaban J connectivity index is 1.66. The number of hydrogen-bond donors (Lipinski definition) is 0. The van der Waals surface area contributed by atoms with E-state index >= 15 is 0 Å². The summed E-state index contributed by atoms with van der Waals surface area (Å²) in [5, 5.41) is 0. The first kappa shape index (κ1) is 18.5. The van der Waals surface area contributed by atoms with Crippen molar-refractivity contribution in [3.8, 4) is 0 Å². The highest BCUT2D eigenvalue weighted by atomic mass is 19.1. The van der Waals surface area contributed by atoms with Gasteiger partial charge in [-0.3, -0.25) is 24.3 Å². The van der Waals surface area contributed by atoms with E-state index in [9.17, 15) is 18.8 Å². The van der Waals surface area contributed by atoms with Gasteiger partial charge in [0.1, 0.15) is 12.2 Å². The van der Waals surface area contributed by atoms with E-state index in [0.29, 0.717) is 13.0 Å². The fourth-order valence-corrected chi connectivity index (χ4v) is 3.70. The van der Waals surface area contributed by atoms with Crippen LogP contribution in [0.5, 0.6) is 0 Å². The number of halogens is 1. The lowest BCUT2D eigenvalue weighted by Crippen LogP contribution is -2.58. The lowest BCUT2D eigenvalue weighted by Gasteiger charge is -2.35. The van der Waals surface area contributed by atoms with E-state index in [1.54, 1.807) is 12.1 Å². The highest BCUT2D eigenvalue weighted by Crippen LogP contribution is 2.21. The molecule has 0 spiro atoms. The van der Waals surface area contributed by atoms with Crippen LogP contribution >= 0.6 is 0 Å². The van der Waals surface area contributed by atoms with E-state index in [1.165, 1.54) is 17.0 Å². The van der Waals surface area contributed by atoms with E-state index < -0.39 is 17.8 Å². The maximum Gasteiger partial charge on any atom is 0.333 e. The van der Waals surface area contributed by atoms with Crippen LogP contribution in [0.1, 0.15) is 31.7 Å². The Morgan fingerprint density at radius 1 is 1.08 bits per heavy atom. The van der Waals surface area contributed by atoms with Crippen molar-refractivity contribution in [2.45, 2.75) is 38.6 Å². The zero-order chi connectivity index (χ0) is 18.7. The third-order valence-electron chi connectivity index (χ3n) is 5.20. The minimum Gasteiger partial charge on any atom is -0.299 e. The van der Waals surface area contributed by atoms with Crippen molar-refractivity contribution in [1.29, 1.82) is 0 Å². The summed E-state index contributed by atoms with van der Waals surface area (Å²) in [5.41, 5.74) is 0.836. The molecular weight excluding hydrogens is 337 g/mol. The van der Waals surface area contributed by atoms with E-state index in [1.807, 2.05) is 0 Å². The van der Waals surface area contributed by atoms with Gasteiger partial charge in [0, 0.05) is 19.1 Å². The van der Waals surface area contributed by atoms with Crippen LogP contribution in [0.25, 0.3) is 0 Å². The number of barbiturate groups is 1. The Bertz CT molecular complexity index is 692. The summed E-state index contributed by atoms with van der Waals surface area (Å²) >= 11 is 0. The van der Waals surface area contributed by atoms with E-state index in [4.69, 9.17) is 0 Å². The fraction of sp³-hybridized carbons (Fsp3) is 0.526. The zero-order valence-corrected chi connectivity index (χ0v) is 15.0. The number of urea groups is 1. The molecule has 2 saturated heterocycles. The van der Waals surface area contributed by atoms with Gasteiger partial charge in [0.25, 0.3) is 0 Å². The Hall–Kier alpha value is -2.28. The molecular formula is C19H24FN3O3. The largest absolute Gasteiger partial charge is 0.333 e. The van der Waals surface area contributed by atoms with Gasteiger partial charge in [0.2, 0.25) is 11.8 Å². The molecule has 2 aliphatic heterocycles. The Kier molecular flexibility index (Phi) is 5.66. The summed E-state index contributed by atoms with van der Waals surface area (Å²) in [6.07, 6.45) is 2.18. The van der Waals surface area contributed by atoms with Crippen LogP contribution in [-0.2, 0) is 16.0 Å². The number of amides is 4. The molecule has 2 heterocycles. The van der Waals surface area contributed by atoms with Gasteiger partial charge in [0.05, 0.1) is 0 Å². The molecule has 1 atom stereocenters. The summed E-state index contributed by atoms with van der Waals surface area (Å²) in [7, 11) is 0. The molecule has 6 nitrogen and oxygen atoms in total. The molecule has 0 N–H and O–H groups in total. The lowest BCUT2D eigenvalue weighted by atomic mass is 10.1. The molecule has 4 amide bonds. The van der Waals surface area contributed by atoms with Gasteiger partial charge in [0.15, 0.2) is 0 Å². The van der Waals surface area contributed by atoms with Crippen molar-refractivity contribution in [3.05, 3.63) is 35.6 Å². The van der Waals surface area contributed by atoms with Crippen molar-refractivity contribution in [2.24, 2.45) is 0 Å². The average molecular weight is 361 g/mol. The number of hydrogen-bond acceptors (Lipinski definition) is 4. The topological polar surface area (TPSA) is 60.9 Å². The van der Waals surface area contributed by atoms with Crippen LogP contribution in [0.2, 0.25) is 0 Å². The first-order valence-electron chi connectivity index (χ1n) is 9.12. The molecule has 140 valence electrons. The van der Waals surface area contributed by atoms with Gasteiger partial charge in [-0.1, -0.05) is 19.1 Å². The third kappa shape index (κ3) is 3.93. The second-order valence-electron chi connectivity index (χ2n) is 6.81. The first-order chi connectivity index (χ1) is 12.5. The number of carbonyl (C=O) groups is 3. The smallest absolute Gasteiger partial charge is 0.299 e. The van der Waals surface area contributed by atoms with Crippen LogP contribution in [-0.4, -0.2) is 64.8 Å². The van der Waals surface area contributed by atoms with Crippen molar-refractivity contribution in [2.75, 3.05) is 26.2 Å². The standard InChI is InChI=1S/C19H24FN3O3/c1-2-21-10-3-4-16(21)13-23-18(25)12-17(24)22(19(23)26)11-9-14-5-7-15(20)8-6-14/h5-8,16H,2-4,9-13H2,1H3. The number of imide groups is 2. The molecule has 2 fully saturated rings. The minimum atomic E-state index is -0.531. The molecule has 0 saturated carbocycles. The van der Waals surface area contributed by atoms with Gasteiger partial charge in [-0.2, -0.15) is 0 Å². The molecule has 3 rings (SSSR count). The maximum absolute atomic E-state index is 13.0. The Labute approximate surface area is 152 Å². The summed E-state index contributed by atoms with van der Waals surface area (Å²) in [6.45, 7) is 4.45. The highest BCUT2D eigenvalue weighted by Gasteiger charge is 2.39. The quantitative estimate of drug-likeness (QED) is 0.728. The van der Waals surface area contributed by atoms with Gasteiger partial charge in [-0.15, -0.1) is 0 Å². The predicted octanol–water partition coefficient (Wildman–Crippen LogP) is 2.03. The van der Waals surface area contributed by atoms with E-state index in [0.717, 1.165) is 36.4 Å². The van der Waals surface area contributed by atoms with Crippen LogP contribution in [0, 0.1) is 5.82 Å². The maximum atomic E-state index is 13.0. The molecule has 7 heteroatoms. The number of rotatable bonds is 6. The van der Waals surface area contributed by atoms with Crippen molar-refractivity contribution in [3.63, 3.8) is 0 Å². The normalized spacial score (nSPS) is 21.8. The molecule has 0 radical (unpaired) electrons. The van der Waals surface area contributed by atoms with Crippen molar-refractivity contribution >= 4 is 17.8 Å². The SMILES string of the molecule is CCN1CCCC1CN1C(=O)CC(=O)N(CCc2ccc(F)cc2)C1=O. The van der Waals surface area contributed by atoms with Crippen LogP contribution in [0.15, 0.2) is 24.3 Å². The van der Waals surface area contributed by atoms with E-state index in [-0.39, 0.29) is 24.8 Å². The summed E-state index contributed by atoms with van der Waals surface area (Å²) in [5.74, 6) is -1.20. The number of nitrogens with zero attached hydrogens (tertiary/aromatic N) is 3. The minimum absolute atomic E-state index is 0.167. The average Bonchev–Trinajstić information content (AvgIpc) is 3.07. The van der Waals surface area contributed by atoms with Gasteiger partial charge >= 0.3 is 6.03 Å². The number of likely N-dealkylation sites (tertiary alicyclic amines) is 1. The van der Waals surface area contributed by atoms with Gasteiger partial charge < -0.3 is 0 Å². The highest BCUT2D eigenvalue weighted by molar-refractivity contribution is 6.14. The van der Waals surface area contributed by atoms with Crippen molar-refractivity contribution in [1.82, 2.24) is 14.7 Å². The predicted molar refractivity (Wildman–Crippen MR) is 93.8 cm³/mol. The molecule has 1 aromatic rings. The number of likely N-dealkylation sites (N-methyl/N-ethyl adjacent to an activating group) is 1. The number of carbonyl (C=O) groups excluding carboxylic acids is 3. The molecule has 0 bridgehead atoms. The Morgan fingerprint density at radius 3 is 2.46 bits per heavy atom. The summed E-state index contributed by atoms with van der Waals surface area (Å²) in [6, 6.07) is 5.61. The van der Waals surface area contributed by atoms with Crippen LogP contribution in [0.4, 0.5) is 9.18 Å². The molecule has 26 heavy (non-hydrogen) atoms. The second kappa shape index (κ2) is 7.95. The molecule has 1 unspecified atom stereocenters. The summed E-state index contributed by atoms with van der Waals surface area (Å²) in [4.78, 5) is 41.8. The molecule has 1 aromatic carbocycles. The first-order valence-corrected chi connectivity index (χ1v) is 9.12. The van der Waals surface area contributed by atoms with Crippen LogP contribution in [0.3, 0.4) is 0 Å². The zero-order valence-electron chi connectivity index (χ0n) is 15.0. The van der Waals surface area contributed by atoms with E-state index in [2.05, 4.69) is 11.8 Å². The van der Waals surface area contributed by atoms with Crippen LogP contribution < -0.4 is 0 Å². The molecule has 0 aromatic heterocycles. The van der Waals surface area contributed by atoms with Gasteiger partial charge in [-0.05, 0) is 50.0 Å². The lowest BCUT2D eigenvalue weighted by molar-refractivity contribution is -0.142. The van der Waals surface area contributed by atoms with Crippen molar-refractivity contribution < 1.29 is 18.8 Å². The third-order valence-corrected chi connectivity index (χ3v) is 5.20. The Morgan fingerprint density at radius 2 is 1.77 bits per heavy atom. The van der Waals surface area contributed by atoms with Gasteiger partial charge in [-0.25, -0.2) is 9.18 Å². The molecule has 2 aliphatic rings.